The van der Waals surface area contributed by atoms with Crippen LogP contribution in [-0.2, 0) is 22.6 Å². The van der Waals surface area contributed by atoms with E-state index in [1.165, 1.54) is 33.6 Å². The molecule has 2 aromatic carbocycles. The topological polar surface area (TPSA) is 35.5 Å². The van der Waals surface area contributed by atoms with Crippen molar-refractivity contribution in [1.29, 1.82) is 0 Å². The normalized spacial score (nSPS) is 10.7. The first-order chi connectivity index (χ1) is 13.5. The van der Waals surface area contributed by atoms with Gasteiger partial charge in [-0.15, -0.1) is 11.3 Å². The van der Waals surface area contributed by atoms with Gasteiger partial charge in [-0.25, -0.2) is 0 Å². The van der Waals surface area contributed by atoms with E-state index in [2.05, 4.69) is 49.8 Å². The number of rotatable bonds is 7. The van der Waals surface area contributed by atoms with Gasteiger partial charge in [-0.1, -0.05) is 30.3 Å². The molecule has 1 aromatic heterocycles. The SMILES string of the molecule is COC(=O)CCc1ccc(OCc2cccc(-c3c(C)sc(C)c3C)c2)cc1. The third kappa shape index (κ3) is 4.82. The first-order valence-electron chi connectivity index (χ1n) is 9.42. The molecule has 28 heavy (non-hydrogen) atoms. The van der Waals surface area contributed by atoms with Crippen LogP contribution in [0.25, 0.3) is 11.1 Å². The molecule has 0 amide bonds. The van der Waals surface area contributed by atoms with Crippen molar-refractivity contribution in [2.75, 3.05) is 7.11 Å². The predicted octanol–water partition coefficient (Wildman–Crippen LogP) is 6.02. The average Bonchev–Trinajstić information content (AvgIpc) is 2.97. The lowest BCUT2D eigenvalue weighted by molar-refractivity contribution is -0.140. The van der Waals surface area contributed by atoms with Crippen molar-refractivity contribution in [1.82, 2.24) is 0 Å². The Labute approximate surface area is 170 Å². The number of thiophene rings is 1. The molecule has 0 atom stereocenters. The second kappa shape index (κ2) is 9.07. The summed E-state index contributed by atoms with van der Waals surface area (Å²) < 4.78 is 10.6. The lowest BCUT2D eigenvalue weighted by atomic mass is 10.00. The Morgan fingerprint density at radius 1 is 0.964 bits per heavy atom. The molecule has 0 spiro atoms. The van der Waals surface area contributed by atoms with Crippen LogP contribution in [0.15, 0.2) is 48.5 Å². The molecule has 0 bridgehead atoms. The van der Waals surface area contributed by atoms with Crippen LogP contribution in [0.3, 0.4) is 0 Å². The number of ether oxygens (including phenoxy) is 2. The van der Waals surface area contributed by atoms with E-state index in [4.69, 9.17) is 4.74 Å². The van der Waals surface area contributed by atoms with Gasteiger partial charge >= 0.3 is 5.97 Å². The van der Waals surface area contributed by atoms with E-state index in [1.54, 1.807) is 0 Å². The molecule has 3 aromatic rings. The highest BCUT2D eigenvalue weighted by Crippen LogP contribution is 2.35. The Balaban J connectivity index is 1.64. The number of aryl methyl sites for hydroxylation is 3. The number of carbonyl (C=O) groups is 1. The Morgan fingerprint density at radius 3 is 2.36 bits per heavy atom. The van der Waals surface area contributed by atoms with Crippen LogP contribution >= 0.6 is 11.3 Å². The molecule has 0 radical (unpaired) electrons. The Hall–Kier alpha value is -2.59. The molecular formula is C24H26O3S. The summed E-state index contributed by atoms with van der Waals surface area (Å²) in [4.78, 5) is 14.0. The van der Waals surface area contributed by atoms with E-state index in [0.29, 0.717) is 19.4 Å². The molecule has 0 unspecified atom stereocenters. The van der Waals surface area contributed by atoms with Crippen molar-refractivity contribution in [3.8, 4) is 16.9 Å². The standard InChI is InChI=1S/C24H26O3S/c1-16-17(2)28-18(3)24(16)21-7-5-6-20(14-21)15-27-22-11-8-19(9-12-22)10-13-23(25)26-4/h5-9,11-12,14H,10,13,15H2,1-4H3. The van der Waals surface area contributed by atoms with Crippen molar-refractivity contribution in [2.24, 2.45) is 0 Å². The predicted molar refractivity (Wildman–Crippen MR) is 115 cm³/mol. The van der Waals surface area contributed by atoms with Crippen LogP contribution < -0.4 is 4.74 Å². The number of methoxy groups -OCH3 is 1. The summed E-state index contributed by atoms with van der Waals surface area (Å²) >= 11 is 1.85. The molecule has 0 saturated carbocycles. The fraction of sp³-hybridized carbons (Fsp3) is 0.292. The third-order valence-electron chi connectivity index (χ3n) is 4.95. The van der Waals surface area contributed by atoms with Gasteiger partial charge in [0, 0.05) is 16.2 Å². The third-order valence-corrected chi connectivity index (χ3v) is 6.07. The van der Waals surface area contributed by atoms with Crippen LogP contribution in [-0.4, -0.2) is 13.1 Å². The number of benzene rings is 2. The van der Waals surface area contributed by atoms with Crippen molar-refractivity contribution in [3.05, 3.63) is 75.0 Å². The van der Waals surface area contributed by atoms with E-state index >= 15 is 0 Å². The molecule has 0 aliphatic heterocycles. The van der Waals surface area contributed by atoms with Crippen LogP contribution in [0, 0.1) is 20.8 Å². The van der Waals surface area contributed by atoms with E-state index in [1.807, 2.05) is 35.6 Å². The molecule has 0 saturated heterocycles. The van der Waals surface area contributed by atoms with Crippen LogP contribution in [0.2, 0.25) is 0 Å². The molecule has 3 nitrogen and oxygen atoms in total. The van der Waals surface area contributed by atoms with Gasteiger partial charge < -0.3 is 9.47 Å². The second-order valence-corrected chi connectivity index (χ2v) is 8.35. The minimum absolute atomic E-state index is 0.188. The Morgan fingerprint density at radius 2 is 1.71 bits per heavy atom. The fourth-order valence-corrected chi connectivity index (χ4v) is 4.39. The first-order valence-corrected chi connectivity index (χ1v) is 10.2. The maximum absolute atomic E-state index is 11.2. The highest BCUT2D eigenvalue weighted by atomic mass is 32.1. The second-order valence-electron chi connectivity index (χ2n) is 6.92. The minimum Gasteiger partial charge on any atom is -0.489 e. The van der Waals surface area contributed by atoms with Gasteiger partial charge in [0.05, 0.1) is 7.11 Å². The van der Waals surface area contributed by atoms with E-state index in [0.717, 1.165) is 16.9 Å². The van der Waals surface area contributed by atoms with Crippen molar-refractivity contribution < 1.29 is 14.3 Å². The van der Waals surface area contributed by atoms with Crippen LogP contribution in [0.5, 0.6) is 5.75 Å². The largest absolute Gasteiger partial charge is 0.489 e. The minimum atomic E-state index is -0.188. The number of hydrogen-bond donors (Lipinski definition) is 0. The summed E-state index contributed by atoms with van der Waals surface area (Å²) in [5.74, 6) is 0.637. The van der Waals surface area contributed by atoms with Gasteiger partial charge in [0.15, 0.2) is 0 Å². The molecule has 3 rings (SSSR count). The maximum atomic E-state index is 11.2. The zero-order valence-corrected chi connectivity index (χ0v) is 17.7. The van der Waals surface area contributed by atoms with E-state index < -0.39 is 0 Å². The monoisotopic (exact) mass is 394 g/mol. The molecule has 1 heterocycles. The van der Waals surface area contributed by atoms with Crippen molar-refractivity contribution in [3.63, 3.8) is 0 Å². The van der Waals surface area contributed by atoms with Crippen LogP contribution in [0.1, 0.15) is 32.9 Å². The van der Waals surface area contributed by atoms with Gasteiger partial charge in [-0.3, -0.25) is 4.79 Å². The summed E-state index contributed by atoms with van der Waals surface area (Å²) in [6.07, 6.45) is 1.07. The summed E-state index contributed by atoms with van der Waals surface area (Å²) in [6, 6.07) is 16.5. The molecule has 0 aliphatic rings. The van der Waals surface area contributed by atoms with Gasteiger partial charge in [0.25, 0.3) is 0 Å². The average molecular weight is 395 g/mol. The first kappa shape index (κ1) is 20.2. The van der Waals surface area contributed by atoms with E-state index in [-0.39, 0.29) is 5.97 Å². The zero-order valence-electron chi connectivity index (χ0n) is 16.9. The van der Waals surface area contributed by atoms with Gasteiger partial charge in [-0.05, 0) is 73.2 Å². The lowest BCUT2D eigenvalue weighted by Gasteiger charge is -2.10. The van der Waals surface area contributed by atoms with Crippen molar-refractivity contribution >= 4 is 17.3 Å². The van der Waals surface area contributed by atoms with Gasteiger partial charge in [0.1, 0.15) is 12.4 Å². The number of esters is 1. The summed E-state index contributed by atoms with van der Waals surface area (Å²) in [5, 5.41) is 0. The summed E-state index contributed by atoms with van der Waals surface area (Å²) in [6.45, 7) is 7.08. The van der Waals surface area contributed by atoms with Gasteiger partial charge in [0.2, 0.25) is 0 Å². The molecule has 146 valence electrons. The molecule has 0 N–H and O–H groups in total. The maximum Gasteiger partial charge on any atom is 0.305 e. The quantitative estimate of drug-likeness (QED) is 0.459. The number of hydrogen-bond acceptors (Lipinski definition) is 4. The van der Waals surface area contributed by atoms with E-state index in [9.17, 15) is 4.79 Å². The van der Waals surface area contributed by atoms with Crippen molar-refractivity contribution in [2.45, 2.75) is 40.2 Å². The smallest absolute Gasteiger partial charge is 0.305 e. The summed E-state index contributed by atoms with van der Waals surface area (Å²) in [7, 11) is 1.41. The molecule has 4 heteroatoms. The Kier molecular flexibility index (Phi) is 6.53. The molecule has 0 aliphatic carbocycles. The van der Waals surface area contributed by atoms with Gasteiger partial charge in [-0.2, -0.15) is 0 Å². The zero-order chi connectivity index (χ0) is 20.1. The number of carbonyl (C=O) groups excluding carboxylic acids is 1. The van der Waals surface area contributed by atoms with Crippen LogP contribution in [0.4, 0.5) is 0 Å². The highest BCUT2D eigenvalue weighted by molar-refractivity contribution is 7.12. The fourth-order valence-electron chi connectivity index (χ4n) is 3.30. The molecule has 0 fully saturated rings. The summed E-state index contributed by atoms with van der Waals surface area (Å²) in [5.41, 5.74) is 6.20. The Bertz CT molecular complexity index is 954. The highest BCUT2D eigenvalue weighted by Gasteiger charge is 2.11. The molecular weight excluding hydrogens is 368 g/mol. The lowest BCUT2D eigenvalue weighted by Crippen LogP contribution is -2.02.